The van der Waals surface area contributed by atoms with E-state index in [0.29, 0.717) is 12.3 Å². The van der Waals surface area contributed by atoms with Crippen molar-refractivity contribution in [2.24, 2.45) is 0 Å². The minimum absolute atomic E-state index is 0.0186. The normalized spacial score (nSPS) is 11.6. The van der Waals surface area contributed by atoms with Crippen molar-refractivity contribution in [3.8, 4) is 0 Å². The number of rotatable bonds is 2. The van der Waals surface area contributed by atoms with Gasteiger partial charge in [0, 0.05) is 6.54 Å². The summed E-state index contributed by atoms with van der Waals surface area (Å²) in [4.78, 5) is 12.2. The van der Waals surface area contributed by atoms with Crippen LogP contribution in [0.5, 0.6) is 0 Å². The predicted octanol–water partition coefficient (Wildman–Crippen LogP) is 1.85. The Balaban J connectivity index is 2.64. The number of hydrogen-bond donors (Lipinski definition) is 0. The van der Waals surface area contributed by atoms with Gasteiger partial charge >= 0.3 is 0 Å². The Morgan fingerprint density at radius 2 is 2.29 bits per heavy atom. The minimum Gasteiger partial charge on any atom is -0.276 e. The van der Waals surface area contributed by atoms with E-state index in [1.54, 1.807) is 4.57 Å². The molecule has 3 rings (SSSR count). The fraction of sp³-hybridized carbons (Fsp3) is 0.300. The standard InChI is InChI=1S/C10H10N4OS2/c1-3-13-8(15)7-6(4-5-17-7)14-9(13)11-12-10(14)16-2/h4-5H,3H2,1-2H3. The molecule has 3 aromatic rings. The molecule has 0 radical (unpaired) electrons. The highest BCUT2D eigenvalue weighted by Gasteiger charge is 2.15. The number of nitrogens with zero attached hydrogens (tertiary/aromatic N) is 4. The second-order valence-corrected chi connectivity index (χ2v) is 5.20. The molecule has 5 nitrogen and oxygen atoms in total. The molecule has 0 saturated heterocycles. The highest BCUT2D eigenvalue weighted by atomic mass is 32.2. The largest absolute Gasteiger partial charge is 0.276 e. The Morgan fingerprint density at radius 1 is 1.47 bits per heavy atom. The van der Waals surface area contributed by atoms with Crippen molar-refractivity contribution in [1.82, 2.24) is 19.2 Å². The number of thioether (sulfide) groups is 1. The Labute approximate surface area is 105 Å². The Hall–Kier alpha value is -1.34. The molecule has 0 aliphatic heterocycles. The quantitative estimate of drug-likeness (QED) is 0.664. The smallest absolute Gasteiger partial charge is 0.272 e. The van der Waals surface area contributed by atoms with E-state index in [1.807, 2.05) is 29.0 Å². The summed E-state index contributed by atoms with van der Waals surface area (Å²) in [5.74, 6) is 0.618. The molecule has 0 atom stereocenters. The third kappa shape index (κ3) is 1.35. The van der Waals surface area contributed by atoms with Crippen LogP contribution in [-0.2, 0) is 6.54 Å². The Kier molecular flexibility index (Phi) is 2.44. The first-order chi connectivity index (χ1) is 8.27. The molecule has 17 heavy (non-hydrogen) atoms. The lowest BCUT2D eigenvalue weighted by atomic mass is 10.4. The van der Waals surface area contributed by atoms with Gasteiger partial charge in [-0.15, -0.1) is 21.5 Å². The summed E-state index contributed by atoms with van der Waals surface area (Å²) in [6.45, 7) is 2.54. The molecular formula is C10H10N4OS2. The zero-order chi connectivity index (χ0) is 12.0. The van der Waals surface area contributed by atoms with E-state index >= 15 is 0 Å². The molecule has 0 bridgehead atoms. The molecule has 0 spiro atoms. The third-order valence-electron chi connectivity index (χ3n) is 2.68. The fourth-order valence-electron chi connectivity index (χ4n) is 1.92. The van der Waals surface area contributed by atoms with E-state index in [0.717, 1.165) is 15.4 Å². The minimum atomic E-state index is 0.0186. The van der Waals surface area contributed by atoms with Crippen molar-refractivity contribution in [3.63, 3.8) is 0 Å². The first-order valence-electron chi connectivity index (χ1n) is 5.17. The van der Waals surface area contributed by atoms with Crippen LogP contribution in [0.3, 0.4) is 0 Å². The molecule has 0 aliphatic carbocycles. The monoisotopic (exact) mass is 266 g/mol. The number of fused-ring (bicyclic) bond motifs is 3. The Bertz CT molecular complexity index is 755. The van der Waals surface area contributed by atoms with E-state index < -0.39 is 0 Å². The summed E-state index contributed by atoms with van der Waals surface area (Å²) in [6, 6.07) is 1.94. The molecule has 0 fully saturated rings. The lowest BCUT2D eigenvalue weighted by Crippen LogP contribution is -2.21. The van der Waals surface area contributed by atoms with E-state index in [2.05, 4.69) is 10.2 Å². The van der Waals surface area contributed by atoms with Crippen LogP contribution in [-0.4, -0.2) is 25.4 Å². The molecule has 0 saturated carbocycles. The van der Waals surface area contributed by atoms with Gasteiger partial charge in [0.2, 0.25) is 5.78 Å². The summed E-state index contributed by atoms with van der Waals surface area (Å²) in [7, 11) is 0. The molecule has 3 aromatic heterocycles. The van der Waals surface area contributed by atoms with Crippen molar-refractivity contribution < 1.29 is 0 Å². The van der Waals surface area contributed by atoms with Gasteiger partial charge in [-0.05, 0) is 24.6 Å². The zero-order valence-corrected chi connectivity index (χ0v) is 11.0. The molecule has 0 amide bonds. The molecule has 0 aromatic carbocycles. The first-order valence-corrected chi connectivity index (χ1v) is 7.27. The number of aromatic nitrogens is 4. The van der Waals surface area contributed by atoms with Crippen LogP contribution in [0.2, 0.25) is 0 Å². The van der Waals surface area contributed by atoms with E-state index in [4.69, 9.17) is 0 Å². The molecule has 7 heteroatoms. The maximum absolute atomic E-state index is 12.2. The lowest BCUT2D eigenvalue weighted by molar-refractivity contribution is 0.735. The van der Waals surface area contributed by atoms with Crippen LogP contribution in [0.25, 0.3) is 16.0 Å². The third-order valence-corrected chi connectivity index (χ3v) is 4.20. The highest BCUT2D eigenvalue weighted by molar-refractivity contribution is 7.98. The van der Waals surface area contributed by atoms with Crippen molar-refractivity contribution in [2.75, 3.05) is 6.26 Å². The topological polar surface area (TPSA) is 52.2 Å². The second kappa shape index (κ2) is 3.85. The average molecular weight is 266 g/mol. The zero-order valence-electron chi connectivity index (χ0n) is 9.38. The van der Waals surface area contributed by atoms with Gasteiger partial charge < -0.3 is 0 Å². The molecular weight excluding hydrogens is 256 g/mol. The lowest BCUT2D eigenvalue weighted by Gasteiger charge is -2.05. The van der Waals surface area contributed by atoms with Crippen LogP contribution in [0.1, 0.15) is 6.92 Å². The maximum atomic E-state index is 12.2. The van der Waals surface area contributed by atoms with E-state index in [1.165, 1.54) is 23.1 Å². The molecule has 3 heterocycles. The number of hydrogen-bond acceptors (Lipinski definition) is 5. The first kappa shape index (κ1) is 10.8. The van der Waals surface area contributed by atoms with Crippen LogP contribution in [0, 0.1) is 0 Å². The van der Waals surface area contributed by atoms with Crippen molar-refractivity contribution in [1.29, 1.82) is 0 Å². The predicted molar refractivity (Wildman–Crippen MR) is 70.1 cm³/mol. The van der Waals surface area contributed by atoms with Crippen LogP contribution in [0.4, 0.5) is 0 Å². The van der Waals surface area contributed by atoms with Crippen molar-refractivity contribution in [2.45, 2.75) is 18.6 Å². The highest BCUT2D eigenvalue weighted by Crippen LogP contribution is 2.22. The second-order valence-electron chi connectivity index (χ2n) is 3.51. The maximum Gasteiger partial charge on any atom is 0.272 e. The van der Waals surface area contributed by atoms with Crippen LogP contribution < -0.4 is 5.56 Å². The molecule has 88 valence electrons. The van der Waals surface area contributed by atoms with E-state index in [9.17, 15) is 4.79 Å². The van der Waals surface area contributed by atoms with Gasteiger partial charge in [0.1, 0.15) is 4.70 Å². The van der Waals surface area contributed by atoms with Crippen LogP contribution >= 0.6 is 23.1 Å². The van der Waals surface area contributed by atoms with Gasteiger partial charge in [-0.25, -0.2) is 0 Å². The van der Waals surface area contributed by atoms with Crippen molar-refractivity contribution in [3.05, 3.63) is 21.8 Å². The summed E-state index contributed by atoms with van der Waals surface area (Å²) in [5.41, 5.74) is 0.916. The van der Waals surface area contributed by atoms with Gasteiger partial charge in [-0.1, -0.05) is 11.8 Å². The summed E-state index contributed by atoms with van der Waals surface area (Å²) in [5, 5.41) is 11.0. The van der Waals surface area contributed by atoms with Crippen LogP contribution in [0.15, 0.2) is 21.4 Å². The summed E-state index contributed by atoms with van der Waals surface area (Å²) in [6.07, 6.45) is 1.95. The molecule has 0 N–H and O–H groups in total. The van der Waals surface area contributed by atoms with Gasteiger partial charge in [-0.2, -0.15) is 0 Å². The summed E-state index contributed by atoms with van der Waals surface area (Å²) >= 11 is 2.99. The SMILES string of the molecule is CCn1c(=O)c2sccc2n2c(SC)nnc12. The van der Waals surface area contributed by atoms with Gasteiger partial charge in [0.15, 0.2) is 5.16 Å². The van der Waals surface area contributed by atoms with Gasteiger partial charge in [0.05, 0.1) is 5.52 Å². The van der Waals surface area contributed by atoms with Crippen molar-refractivity contribution >= 4 is 39.1 Å². The Morgan fingerprint density at radius 3 is 3.00 bits per heavy atom. The molecule has 0 unspecified atom stereocenters. The fourth-order valence-corrected chi connectivity index (χ4v) is 3.23. The average Bonchev–Trinajstić information content (AvgIpc) is 2.94. The van der Waals surface area contributed by atoms with E-state index in [-0.39, 0.29) is 5.56 Å². The van der Waals surface area contributed by atoms with Gasteiger partial charge in [0.25, 0.3) is 5.56 Å². The molecule has 0 aliphatic rings. The summed E-state index contributed by atoms with van der Waals surface area (Å²) < 4.78 is 4.36. The number of aryl methyl sites for hydroxylation is 1. The number of thiophene rings is 1. The van der Waals surface area contributed by atoms with Gasteiger partial charge in [-0.3, -0.25) is 13.8 Å².